The number of hydrogen-bond donors (Lipinski definition) is 0. The van der Waals surface area contributed by atoms with Gasteiger partial charge in [0.2, 0.25) is 6.29 Å². The maximum absolute atomic E-state index is 13.0. The molecule has 1 aliphatic carbocycles. The van der Waals surface area contributed by atoms with E-state index in [0.29, 0.717) is 29.8 Å². The van der Waals surface area contributed by atoms with E-state index in [-0.39, 0.29) is 24.4 Å². The summed E-state index contributed by atoms with van der Waals surface area (Å²) >= 11 is 6.38. The van der Waals surface area contributed by atoms with Crippen LogP contribution < -0.4 is 0 Å². The van der Waals surface area contributed by atoms with Gasteiger partial charge in [-0.05, 0) is 25.3 Å². The summed E-state index contributed by atoms with van der Waals surface area (Å²) in [5.74, 6) is -0.785. The van der Waals surface area contributed by atoms with Crippen LogP contribution in [0.15, 0.2) is 24.3 Å². The van der Waals surface area contributed by atoms with Crippen LogP contribution in [-0.2, 0) is 29.4 Å². The predicted molar refractivity (Wildman–Crippen MR) is 111 cm³/mol. The number of esters is 1. The van der Waals surface area contributed by atoms with E-state index in [1.807, 2.05) is 0 Å². The van der Waals surface area contributed by atoms with Gasteiger partial charge in [0.25, 0.3) is 0 Å². The van der Waals surface area contributed by atoms with Crippen molar-refractivity contribution in [1.82, 2.24) is 4.90 Å². The average molecular weight is 438 g/mol. The summed E-state index contributed by atoms with van der Waals surface area (Å²) in [6.07, 6.45) is 0.657. The van der Waals surface area contributed by atoms with E-state index < -0.39 is 23.9 Å². The lowest BCUT2D eigenvalue weighted by molar-refractivity contribution is -0.168. The summed E-state index contributed by atoms with van der Waals surface area (Å²) in [5.41, 5.74) is -0.677. The second kappa shape index (κ2) is 10.6. The first-order valence-electron chi connectivity index (χ1n) is 10.2. The van der Waals surface area contributed by atoms with Crippen LogP contribution in [0, 0.1) is 0 Å². The number of rotatable bonds is 8. The largest absolute Gasteiger partial charge is 0.425 e. The van der Waals surface area contributed by atoms with Crippen molar-refractivity contribution < 1.29 is 28.7 Å². The van der Waals surface area contributed by atoms with Gasteiger partial charge in [0.15, 0.2) is 5.78 Å². The number of benzene rings is 1. The van der Waals surface area contributed by atoms with E-state index in [1.165, 1.54) is 18.9 Å². The number of hydrogen-bond acceptors (Lipinski definition) is 6. The van der Waals surface area contributed by atoms with Crippen LogP contribution in [0.1, 0.15) is 64.4 Å². The highest BCUT2D eigenvalue weighted by atomic mass is 35.5. The summed E-state index contributed by atoms with van der Waals surface area (Å²) in [6.45, 7) is 3.13. The van der Waals surface area contributed by atoms with Crippen molar-refractivity contribution >= 4 is 35.2 Å². The molecule has 1 amide bonds. The van der Waals surface area contributed by atoms with Crippen LogP contribution in [0.5, 0.6) is 0 Å². The van der Waals surface area contributed by atoms with E-state index in [1.54, 1.807) is 31.2 Å². The number of nitrogens with zero attached hydrogens (tertiary/aromatic N) is 1. The second-order valence-electron chi connectivity index (χ2n) is 7.36. The molecule has 1 fully saturated rings. The molecular weight excluding hydrogens is 410 g/mol. The Labute approximate surface area is 181 Å². The molecule has 0 spiro atoms. The summed E-state index contributed by atoms with van der Waals surface area (Å²) in [5, 5.41) is 0.396. The smallest absolute Gasteiger partial charge is 0.413 e. The highest BCUT2D eigenvalue weighted by Crippen LogP contribution is 2.42. The summed E-state index contributed by atoms with van der Waals surface area (Å²) in [6, 6.07) is 6.95. The molecule has 2 atom stereocenters. The standard InChI is InChI=1S/C22H28ClNO6/c1-4-16(25)12-13-20(27)29-15(2)30-21(28)24(3)22(14-8-7-11-19(22)26)17-9-5-6-10-18(17)23/h5-6,9-10,15H,4,7-8,11-14H2,1-3H3/t15?,22-/m0/s1. The van der Waals surface area contributed by atoms with E-state index in [4.69, 9.17) is 21.1 Å². The fourth-order valence-electron chi connectivity index (χ4n) is 3.69. The zero-order valence-electron chi connectivity index (χ0n) is 17.6. The van der Waals surface area contributed by atoms with Crippen LogP contribution in [0.4, 0.5) is 4.79 Å². The highest BCUT2D eigenvalue weighted by Gasteiger charge is 2.48. The summed E-state index contributed by atoms with van der Waals surface area (Å²) < 4.78 is 10.3. The normalized spacial score (nSPS) is 19.7. The molecular formula is C22H28ClNO6. The SMILES string of the molecule is CCC(=O)CCC(=O)OC(C)OC(=O)N(C)[C@]1(c2ccccc2Cl)CCCCC1=O. The first kappa shape index (κ1) is 23.9. The molecule has 30 heavy (non-hydrogen) atoms. The number of halogens is 1. The Kier molecular flexibility index (Phi) is 8.41. The Morgan fingerprint density at radius 1 is 1.17 bits per heavy atom. The van der Waals surface area contributed by atoms with E-state index in [0.717, 1.165) is 12.8 Å². The van der Waals surface area contributed by atoms with Crippen molar-refractivity contribution in [3.05, 3.63) is 34.9 Å². The molecule has 0 aliphatic heterocycles. The Morgan fingerprint density at radius 3 is 2.50 bits per heavy atom. The number of amides is 1. The molecule has 1 unspecified atom stereocenters. The minimum atomic E-state index is -1.23. The molecule has 1 saturated carbocycles. The molecule has 0 saturated heterocycles. The Morgan fingerprint density at radius 2 is 1.87 bits per heavy atom. The van der Waals surface area contributed by atoms with Crippen molar-refractivity contribution in [1.29, 1.82) is 0 Å². The lowest BCUT2D eigenvalue weighted by atomic mass is 9.74. The Bertz CT molecular complexity index is 811. The van der Waals surface area contributed by atoms with Gasteiger partial charge in [0.1, 0.15) is 11.3 Å². The van der Waals surface area contributed by atoms with Crippen LogP contribution in [0.2, 0.25) is 5.02 Å². The third-order valence-electron chi connectivity index (χ3n) is 5.39. The Hall–Kier alpha value is -2.41. The van der Waals surface area contributed by atoms with Crippen LogP contribution in [-0.4, -0.2) is 41.9 Å². The molecule has 0 bridgehead atoms. The number of carbonyl (C=O) groups is 4. The number of carbonyl (C=O) groups excluding carboxylic acids is 4. The summed E-state index contributed by atoms with van der Waals surface area (Å²) in [7, 11) is 1.49. The van der Waals surface area contributed by atoms with E-state index >= 15 is 0 Å². The molecule has 0 aromatic heterocycles. The van der Waals surface area contributed by atoms with Crippen molar-refractivity contribution in [3.63, 3.8) is 0 Å². The van der Waals surface area contributed by atoms with Gasteiger partial charge in [0.05, 0.1) is 6.42 Å². The number of ether oxygens (including phenoxy) is 2. The minimum absolute atomic E-state index is 0.0474. The quantitative estimate of drug-likeness (QED) is 0.442. The fourth-order valence-corrected chi connectivity index (χ4v) is 3.98. The molecule has 1 aromatic carbocycles. The third kappa shape index (κ3) is 5.39. The number of likely N-dealkylation sites (N-methyl/N-ethyl adjacent to an activating group) is 1. The third-order valence-corrected chi connectivity index (χ3v) is 5.72. The van der Waals surface area contributed by atoms with Gasteiger partial charge in [-0.25, -0.2) is 4.79 Å². The molecule has 8 heteroatoms. The van der Waals surface area contributed by atoms with Gasteiger partial charge >= 0.3 is 12.1 Å². The van der Waals surface area contributed by atoms with E-state index in [2.05, 4.69) is 0 Å². The lowest BCUT2D eigenvalue weighted by Gasteiger charge is -2.43. The molecule has 164 valence electrons. The molecule has 2 rings (SSSR count). The second-order valence-corrected chi connectivity index (χ2v) is 7.77. The molecule has 0 radical (unpaired) electrons. The minimum Gasteiger partial charge on any atom is -0.425 e. The van der Waals surface area contributed by atoms with E-state index in [9.17, 15) is 19.2 Å². The molecule has 0 heterocycles. The van der Waals surface area contributed by atoms with Crippen molar-refractivity contribution in [2.45, 2.75) is 70.6 Å². The monoisotopic (exact) mass is 437 g/mol. The number of ketones is 2. The van der Waals surface area contributed by atoms with Crippen LogP contribution in [0.3, 0.4) is 0 Å². The number of Topliss-reactive ketones (excluding diaryl/α,β-unsaturated/α-hetero) is 2. The highest BCUT2D eigenvalue weighted by molar-refractivity contribution is 6.31. The van der Waals surface area contributed by atoms with Crippen molar-refractivity contribution in [3.8, 4) is 0 Å². The van der Waals surface area contributed by atoms with Gasteiger partial charge in [-0.1, -0.05) is 36.7 Å². The Balaban J connectivity index is 2.13. The van der Waals surface area contributed by atoms with Crippen LogP contribution in [0.25, 0.3) is 0 Å². The molecule has 1 aliphatic rings. The average Bonchev–Trinajstić information content (AvgIpc) is 2.72. The van der Waals surface area contributed by atoms with Crippen molar-refractivity contribution in [2.24, 2.45) is 0 Å². The van der Waals surface area contributed by atoms with Gasteiger partial charge < -0.3 is 9.47 Å². The zero-order chi connectivity index (χ0) is 22.3. The van der Waals surface area contributed by atoms with Gasteiger partial charge in [-0.3, -0.25) is 19.3 Å². The molecule has 1 aromatic rings. The lowest BCUT2D eigenvalue weighted by Crippen LogP contribution is -2.54. The molecule has 7 nitrogen and oxygen atoms in total. The maximum atomic E-state index is 13.0. The predicted octanol–water partition coefficient (Wildman–Crippen LogP) is 4.40. The first-order valence-corrected chi connectivity index (χ1v) is 10.5. The molecule has 0 N–H and O–H groups in total. The van der Waals surface area contributed by atoms with Gasteiger partial charge in [-0.15, -0.1) is 0 Å². The fraction of sp³-hybridized carbons (Fsp3) is 0.545. The van der Waals surface area contributed by atoms with Gasteiger partial charge in [-0.2, -0.15) is 0 Å². The van der Waals surface area contributed by atoms with Gasteiger partial charge in [0, 0.05) is 43.8 Å². The summed E-state index contributed by atoms with van der Waals surface area (Å²) in [4.78, 5) is 50.3. The van der Waals surface area contributed by atoms with Crippen LogP contribution >= 0.6 is 11.6 Å². The first-order chi connectivity index (χ1) is 14.2. The van der Waals surface area contributed by atoms with Crippen molar-refractivity contribution in [2.75, 3.05) is 7.05 Å². The topological polar surface area (TPSA) is 90.0 Å². The zero-order valence-corrected chi connectivity index (χ0v) is 18.4. The maximum Gasteiger partial charge on any atom is 0.413 e.